The lowest BCUT2D eigenvalue weighted by Gasteiger charge is -2.32. The molecule has 5 nitrogen and oxygen atoms in total. The Morgan fingerprint density at radius 1 is 1.21 bits per heavy atom. The molecule has 7 heteroatoms. The summed E-state index contributed by atoms with van der Waals surface area (Å²) >= 11 is 5.85. The molecule has 0 radical (unpaired) electrons. The first-order valence-electron chi connectivity index (χ1n) is 9.64. The van der Waals surface area contributed by atoms with Crippen molar-refractivity contribution in [2.24, 2.45) is 17.8 Å². The lowest BCUT2D eigenvalue weighted by Crippen LogP contribution is -2.35. The van der Waals surface area contributed by atoms with Gasteiger partial charge in [0.1, 0.15) is 0 Å². The fourth-order valence-corrected chi connectivity index (χ4v) is 4.04. The normalized spacial score (nSPS) is 22.0. The number of anilines is 1. The fraction of sp³-hybridized carbons (Fsp3) is 0.476. The minimum Gasteiger partial charge on any atom is -0.490 e. The smallest absolute Gasteiger partial charge is 0.225 e. The van der Waals surface area contributed by atoms with E-state index in [0.717, 1.165) is 38.3 Å². The summed E-state index contributed by atoms with van der Waals surface area (Å²) in [6.07, 6.45) is 7.93. The molecule has 4 rings (SSSR count). The summed E-state index contributed by atoms with van der Waals surface area (Å²) in [4.78, 5) is 14.0. The summed E-state index contributed by atoms with van der Waals surface area (Å²) in [6.45, 7) is 9.41. The summed E-state index contributed by atoms with van der Waals surface area (Å²) in [7, 11) is 0. The molecule has 146 valence electrons. The number of halogens is 2. The van der Waals surface area contributed by atoms with Crippen LogP contribution < -0.4 is 9.64 Å². The van der Waals surface area contributed by atoms with Crippen molar-refractivity contribution in [1.29, 1.82) is 0 Å². The Morgan fingerprint density at radius 2 is 1.96 bits per heavy atom. The van der Waals surface area contributed by atoms with Gasteiger partial charge in [0.15, 0.2) is 17.3 Å². The highest BCUT2D eigenvalue weighted by atomic mass is 35.5. The summed E-state index contributed by atoms with van der Waals surface area (Å²) < 4.78 is 19.5. The van der Waals surface area contributed by atoms with E-state index in [0.29, 0.717) is 35.1 Å². The SMILES string of the molecule is [C-]#[N+]c1ccc(OCC2CC2CC2CCN(c3ncc(Cl)cn3)CC2)c(F)c1. The lowest BCUT2D eigenvalue weighted by molar-refractivity contribution is 0.268. The standard InChI is InChI=1S/C21H22ClFN4O/c1-24-18-2-3-20(19(23)10-18)28-13-16-9-15(16)8-14-4-6-27(7-5-14)21-25-11-17(22)12-26-21/h2-3,10-12,14-16H,4-9,13H2. The second kappa shape index (κ2) is 8.32. The molecule has 2 heterocycles. The third-order valence-electron chi connectivity index (χ3n) is 5.71. The second-order valence-corrected chi connectivity index (χ2v) is 8.10. The van der Waals surface area contributed by atoms with Gasteiger partial charge >= 0.3 is 0 Å². The first-order valence-corrected chi connectivity index (χ1v) is 10.0. The molecule has 0 N–H and O–H groups in total. The van der Waals surface area contributed by atoms with Gasteiger partial charge in [-0.2, -0.15) is 0 Å². The Hall–Kier alpha value is -2.39. The number of rotatable bonds is 6. The molecule has 28 heavy (non-hydrogen) atoms. The molecule has 2 atom stereocenters. The van der Waals surface area contributed by atoms with E-state index in [1.807, 2.05) is 0 Å². The predicted octanol–water partition coefficient (Wildman–Crippen LogP) is 5.14. The average molecular weight is 401 g/mol. The first-order chi connectivity index (χ1) is 13.6. The Labute approximate surface area is 169 Å². The van der Waals surface area contributed by atoms with E-state index in [4.69, 9.17) is 22.9 Å². The van der Waals surface area contributed by atoms with E-state index >= 15 is 0 Å². The Morgan fingerprint density at radius 3 is 2.64 bits per heavy atom. The number of aromatic nitrogens is 2. The van der Waals surface area contributed by atoms with Gasteiger partial charge in [0.2, 0.25) is 5.95 Å². The summed E-state index contributed by atoms with van der Waals surface area (Å²) in [5.41, 5.74) is 0.296. The van der Waals surface area contributed by atoms with Crippen LogP contribution in [-0.4, -0.2) is 29.7 Å². The highest BCUT2D eigenvalue weighted by molar-refractivity contribution is 6.30. The topological polar surface area (TPSA) is 42.6 Å². The second-order valence-electron chi connectivity index (χ2n) is 7.66. The van der Waals surface area contributed by atoms with Crippen LogP contribution in [0.1, 0.15) is 25.7 Å². The van der Waals surface area contributed by atoms with Crippen LogP contribution >= 0.6 is 11.6 Å². The zero-order valence-corrected chi connectivity index (χ0v) is 16.3. The Bertz CT molecular complexity index is 862. The third kappa shape index (κ3) is 4.53. The van der Waals surface area contributed by atoms with Crippen LogP contribution in [0.2, 0.25) is 5.02 Å². The number of piperidine rings is 1. The number of hydrogen-bond acceptors (Lipinski definition) is 4. The molecule has 1 aromatic carbocycles. The maximum absolute atomic E-state index is 13.9. The van der Waals surface area contributed by atoms with E-state index in [1.165, 1.54) is 12.5 Å². The number of ether oxygens (including phenoxy) is 1. The third-order valence-corrected chi connectivity index (χ3v) is 5.90. The van der Waals surface area contributed by atoms with Crippen molar-refractivity contribution >= 4 is 23.2 Å². The van der Waals surface area contributed by atoms with Crippen molar-refractivity contribution < 1.29 is 9.13 Å². The van der Waals surface area contributed by atoms with Crippen molar-refractivity contribution in [3.63, 3.8) is 0 Å². The van der Waals surface area contributed by atoms with Crippen molar-refractivity contribution in [3.8, 4) is 5.75 Å². The van der Waals surface area contributed by atoms with Gasteiger partial charge in [-0.05, 0) is 55.6 Å². The summed E-state index contributed by atoms with van der Waals surface area (Å²) in [6, 6.07) is 4.37. The summed E-state index contributed by atoms with van der Waals surface area (Å²) in [5, 5.41) is 0.558. The lowest BCUT2D eigenvalue weighted by atomic mass is 9.91. The fourth-order valence-electron chi connectivity index (χ4n) is 3.94. The molecule has 0 bridgehead atoms. The van der Waals surface area contributed by atoms with Crippen LogP contribution in [0.25, 0.3) is 4.85 Å². The van der Waals surface area contributed by atoms with Gasteiger partial charge in [-0.3, -0.25) is 0 Å². The van der Waals surface area contributed by atoms with Gasteiger partial charge in [-0.25, -0.2) is 19.2 Å². The van der Waals surface area contributed by atoms with Crippen LogP contribution in [0, 0.1) is 30.1 Å². The largest absolute Gasteiger partial charge is 0.490 e. The molecule has 2 aromatic rings. The van der Waals surface area contributed by atoms with E-state index in [-0.39, 0.29) is 5.75 Å². The highest BCUT2D eigenvalue weighted by Crippen LogP contribution is 2.45. The van der Waals surface area contributed by atoms with Gasteiger partial charge < -0.3 is 9.64 Å². The molecular weight excluding hydrogens is 379 g/mol. The zero-order chi connectivity index (χ0) is 19.5. The average Bonchev–Trinajstić information content (AvgIpc) is 3.46. The van der Waals surface area contributed by atoms with Crippen LogP contribution in [0.4, 0.5) is 16.0 Å². The number of hydrogen-bond donors (Lipinski definition) is 0. The van der Waals surface area contributed by atoms with Crippen LogP contribution in [-0.2, 0) is 0 Å². The maximum atomic E-state index is 13.9. The molecule has 1 saturated heterocycles. The highest BCUT2D eigenvalue weighted by Gasteiger charge is 2.39. The van der Waals surface area contributed by atoms with Crippen molar-refractivity contribution in [3.05, 3.63) is 52.8 Å². The summed E-state index contributed by atoms with van der Waals surface area (Å²) in [5.74, 6) is 2.45. The van der Waals surface area contributed by atoms with Gasteiger partial charge in [-0.1, -0.05) is 17.7 Å². The molecule has 2 aliphatic rings. The minimum absolute atomic E-state index is 0.245. The minimum atomic E-state index is -0.456. The van der Waals surface area contributed by atoms with Crippen LogP contribution in [0.3, 0.4) is 0 Å². The maximum Gasteiger partial charge on any atom is 0.225 e. The van der Waals surface area contributed by atoms with Gasteiger partial charge in [0.05, 0.1) is 30.6 Å². The predicted molar refractivity (Wildman–Crippen MR) is 106 cm³/mol. The molecule has 2 unspecified atom stereocenters. The molecule has 1 aromatic heterocycles. The van der Waals surface area contributed by atoms with Gasteiger partial charge in [-0.15, -0.1) is 0 Å². The molecule has 1 saturated carbocycles. The molecular formula is C21H22ClFN4O. The van der Waals surface area contributed by atoms with Crippen molar-refractivity contribution in [1.82, 2.24) is 9.97 Å². The van der Waals surface area contributed by atoms with Crippen molar-refractivity contribution in [2.75, 3.05) is 24.6 Å². The Balaban J connectivity index is 1.19. The molecule has 2 fully saturated rings. The Kier molecular flexibility index (Phi) is 5.63. The molecule has 0 amide bonds. The van der Waals surface area contributed by atoms with Gasteiger partial charge in [0, 0.05) is 13.1 Å². The van der Waals surface area contributed by atoms with E-state index in [1.54, 1.807) is 24.5 Å². The van der Waals surface area contributed by atoms with E-state index in [2.05, 4.69) is 19.7 Å². The van der Waals surface area contributed by atoms with Gasteiger partial charge in [0.25, 0.3) is 0 Å². The quantitative estimate of drug-likeness (QED) is 0.629. The number of nitrogens with zero attached hydrogens (tertiary/aromatic N) is 4. The van der Waals surface area contributed by atoms with Crippen LogP contribution in [0.15, 0.2) is 30.6 Å². The molecule has 1 aliphatic carbocycles. The van der Waals surface area contributed by atoms with Crippen LogP contribution in [0.5, 0.6) is 5.75 Å². The number of benzene rings is 1. The first kappa shape index (κ1) is 18.9. The molecule has 0 spiro atoms. The zero-order valence-electron chi connectivity index (χ0n) is 15.5. The van der Waals surface area contributed by atoms with E-state index in [9.17, 15) is 4.39 Å². The molecule has 1 aliphatic heterocycles. The van der Waals surface area contributed by atoms with Crippen molar-refractivity contribution in [2.45, 2.75) is 25.7 Å². The van der Waals surface area contributed by atoms with E-state index < -0.39 is 5.82 Å². The monoisotopic (exact) mass is 400 g/mol.